The molecule has 2 heterocycles. The van der Waals surface area contributed by atoms with Gasteiger partial charge in [0.15, 0.2) is 0 Å². The zero-order chi connectivity index (χ0) is 49.5. The summed E-state index contributed by atoms with van der Waals surface area (Å²) in [5.74, 6) is -5.05. The molecule has 0 fully saturated rings. The molecule has 4 rings (SSSR count). The van der Waals surface area contributed by atoms with Crippen molar-refractivity contribution in [2.24, 2.45) is 10.8 Å². The van der Waals surface area contributed by atoms with Gasteiger partial charge in [-0.2, -0.15) is 40.9 Å². The van der Waals surface area contributed by atoms with Gasteiger partial charge in [-0.05, 0) is 55.0 Å². The molecule has 66 heavy (non-hydrogen) atoms. The Labute approximate surface area is 371 Å². The lowest BCUT2D eigenvalue weighted by atomic mass is 9.82. The monoisotopic (exact) mass is 949 g/mol. The highest BCUT2D eigenvalue weighted by molar-refractivity contribution is 5.87. The predicted octanol–water partition coefficient (Wildman–Crippen LogP) is 6.49. The molecule has 4 aromatic rings. The number of aliphatic hydroxyl groups is 1. The van der Waals surface area contributed by atoms with Crippen molar-refractivity contribution in [3.8, 4) is 22.4 Å². The largest absolute Gasteiger partial charge is 0.453 e. The van der Waals surface area contributed by atoms with Crippen molar-refractivity contribution in [3.63, 3.8) is 0 Å². The molecule has 0 saturated heterocycles. The van der Waals surface area contributed by atoms with Crippen LogP contribution < -0.4 is 21.4 Å². The first kappa shape index (κ1) is 52.3. The van der Waals surface area contributed by atoms with Gasteiger partial charge in [-0.15, -0.1) is 0 Å². The van der Waals surface area contributed by atoms with Crippen LogP contribution in [-0.2, 0) is 32.0 Å². The number of nitrogens with zero attached hydrogens (tertiary/aromatic N) is 5. The second-order valence-corrected chi connectivity index (χ2v) is 16.5. The molecule has 5 N–H and O–H groups in total. The summed E-state index contributed by atoms with van der Waals surface area (Å²) >= 11 is 0. The summed E-state index contributed by atoms with van der Waals surface area (Å²) in [4.78, 5) is 52.3. The van der Waals surface area contributed by atoms with Crippen LogP contribution >= 0.6 is 0 Å². The van der Waals surface area contributed by atoms with Gasteiger partial charge in [-0.3, -0.25) is 15.0 Å². The van der Waals surface area contributed by atoms with Crippen molar-refractivity contribution in [1.82, 2.24) is 45.9 Å². The lowest BCUT2D eigenvalue weighted by Gasteiger charge is -2.37. The van der Waals surface area contributed by atoms with E-state index in [1.165, 1.54) is 30.5 Å². The third-order valence-corrected chi connectivity index (χ3v) is 10.3. The maximum Gasteiger partial charge on any atom is 0.407 e. The van der Waals surface area contributed by atoms with E-state index in [9.17, 15) is 55.0 Å². The average Bonchev–Trinajstić information content (AvgIpc) is 3.94. The highest BCUT2D eigenvalue weighted by Gasteiger charge is 2.56. The number of carbonyl (C=O) groups excluding carboxylic acids is 4. The Hall–Kier alpha value is -6.37. The topological polar surface area (TPSA) is 194 Å². The quantitative estimate of drug-likeness (QED) is 0.0544. The van der Waals surface area contributed by atoms with Crippen molar-refractivity contribution < 1.29 is 73.3 Å². The summed E-state index contributed by atoms with van der Waals surface area (Å²) < 4.78 is 137. The number of alkyl carbamates (subject to hydrolysis) is 2. The average molecular weight is 950 g/mol. The SMILES string of the molecule is COC(=O)N[C@H](C(=O)NN(Cc1c(F)cc(-c2ccn(C(F)F)n2)cc1F)C[C@H](O)[C@H](Cc1ccc(-c2cnn(C(F)F)c2)cc1)NC(=O)[C@@H](NC(=O)OC)C(C)(C)C(F)(F)F)C(C)(C)C. The number of benzene rings is 2. The minimum absolute atomic E-state index is 0.231. The summed E-state index contributed by atoms with van der Waals surface area (Å²) in [6, 6.07) is 2.94. The smallest absolute Gasteiger partial charge is 0.407 e. The van der Waals surface area contributed by atoms with Crippen molar-refractivity contribution in [3.05, 3.63) is 83.8 Å². The summed E-state index contributed by atoms with van der Waals surface area (Å²) in [6.07, 6.45) is -6.87. The van der Waals surface area contributed by atoms with Crippen LogP contribution in [0.15, 0.2) is 61.1 Å². The first-order valence-electron chi connectivity index (χ1n) is 19.7. The van der Waals surface area contributed by atoms with Gasteiger partial charge in [0.25, 0.3) is 5.91 Å². The molecule has 0 bridgehead atoms. The molecule has 0 radical (unpaired) electrons. The number of hydrogen-bond acceptors (Lipinski definition) is 10. The first-order chi connectivity index (χ1) is 30.7. The molecule has 4 atom stereocenters. The molecule has 2 aromatic carbocycles. The molecular weight excluding hydrogens is 901 g/mol. The van der Waals surface area contributed by atoms with E-state index in [0.717, 1.165) is 49.8 Å². The highest BCUT2D eigenvalue weighted by atomic mass is 19.4. The molecule has 0 spiro atoms. The van der Waals surface area contributed by atoms with Crippen LogP contribution in [0.5, 0.6) is 0 Å². The number of amides is 4. The van der Waals surface area contributed by atoms with Crippen LogP contribution in [0.1, 0.15) is 58.8 Å². The molecular formula is C41H48F9N9O7. The third-order valence-electron chi connectivity index (χ3n) is 10.3. The number of methoxy groups -OCH3 is 2. The zero-order valence-electron chi connectivity index (χ0n) is 36.4. The van der Waals surface area contributed by atoms with Crippen LogP contribution in [0.25, 0.3) is 22.4 Å². The van der Waals surface area contributed by atoms with E-state index in [4.69, 9.17) is 0 Å². The molecule has 0 aliphatic carbocycles. The minimum Gasteiger partial charge on any atom is -0.453 e. The highest BCUT2D eigenvalue weighted by Crippen LogP contribution is 2.40. The Morgan fingerprint density at radius 2 is 1.33 bits per heavy atom. The van der Waals surface area contributed by atoms with Crippen LogP contribution in [0.3, 0.4) is 0 Å². The van der Waals surface area contributed by atoms with Crippen molar-refractivity contribution >= 4 is 24.0 Å². The van der Waals surface area contributed by atoms with E-state index in [2.05, 4.69) is 35.7 Å². The fourth-order valence-electron chi connectivity index (χ4n) is 6.41. The van der Waals surface area contributed by atoms with E-state index in [0.29, 0.717) is 24.1 Å². The number of rotatable bonds is 18. The fourth-order valence-corrected chi connectivity index (χ4v) is 6.41. The molecule has 16 nitrogen and oxygen atoms in total. The van der Waals surface area contributed by atoms with Gasteiger partial charge in [0.05, 0.1) is 43.7 Å². The van der Waals surface area contributed by atoms with E-state index in [1.54, 1.807) is 20.8 Å². The number of halogens is 9. The molecule has 0 aliphatic heterocycles. The minimum atomic E-state index is -5.12. The molecule has 0 unspecified atom stereocenters. The number of ether oxygens (including phenoxy) is 2. The van der Waals surface area contributed by atoms with E-state index in [1.807, 2.05) is 5.32 Å². The Bertz CT molecular complexity index is 2290. The zero-order valence-corrected chi connectivity index (χ0v) is 36.4. The molecule has 0 saturated carbocycles. The maximum atomic E-state index is 15.9. The lowest BCUT2D eigenvalue weighted by Crippen LogP contribution is -2.63. The van der Waals surface area contributed by atoms with Crippen LogP contribution in [0, 0.1) is 22.5 Å². The maximum absolute atomic E-state index is 15.9. The van der Waals surface area contributed by atoms with Gasteiger partial charge in [0, 0.05) is 42.2 Å². The second kappa shape index (κ2) is 21.3. The number of carbonyl (C=O) groups is 4. The standard InChI is InChI=1S/C41H48F9N9O7/c1-39(2,3)31(53-37(63)65-6)34(62)56-57(19-25-26(42)15-23(16-27(25)43)28-12-13-58(55-28)35(44)45)20-30(60)29(52-33(61)32(54-38(64)66-7)40(4,5)41(48,49)50)14-21-8-10-22(11-9-21)24-17-51-59(18-24)36(46)47/h8-13,15-18,29-32,35-36,60H,14,19-20H2,1-7H3,(H,52,61)(H,53,63)(H,54,64)(H,56,62)/t29-,30-,31+,32+/m0/s1. The lowest BCUT2D eigenvalue weighted by molar-refractivity contribution is -0.220. The Balaban J connectivity index is 1.79. The van der Waals surface area contributed by atoms with Crippen LogP contribution in [0.2, 0.25) is 0 Å². The number of aliphatic hydroxyl groups excluding tert-OH is 1. The van der Waals surface area contributed by atoms with E-state index >= 15 is 8.78 Å². The number of alkyl halides is 7. The van der Waals surface area contributed by atoms with Crippen LogP contribution in [-0.4, -0.2) is 105 Å². The van der Waals surface area contributed by atoms with Gasteiger partial charge >= 0.3 is 31.5 Å². The van der Waals surface area contributed by atoms with Gasteiger partial charge in [0.2, 0.25) is 5.91 Å². The number of hydrogen-bond donors (Lipinski definition) is 5. The first-order valence-corrected chi connectivity index (χ1v) is 19.7. The van der Waals surface area contributed by atoms with E-state index in [-0.39, 0.29) is 27.1 Å². The fraction of sp³-hybridized carbons (Fsp3) is 0.463. The summed E-state index contributed by atoms with van der Waals surface area (Å²) in [5.41, 5.74) is -1.95. The van der Waals surface area contributed by atoms with Gasteiger partial charge in [-0.25, -0.2) is 32.7 Å². The van der Waals surface area contributed by atoms with Crippen LogP contribution in [0.4, 0.5) is 49.1 Å². The third kappa shape index (κ3) is 13.1. The summed E-state index contributed by atoms with van der Waals surface area (Å²) in [5, 5.41) is 26.4. The molecule has 0 aliphatic rings. The molecule has 362 valence electrons. The molecule has 4 amide bonds. The van der Waals surface area contributed by atoms with E-state index < -0.39 is 115 Å². The normalized spacial score (nSPS) is 14.1. The summed E-state index contributed by atoms with van der Waals surface area (Å²) in [7, 11) is 1.86. The number of aromatic nitrogens is 4. The number of nitrogens with one attached hydrogen (secondary N) is 4. The van der Waals surface area contributed by atoms with Gasteiger partial charge in [-0.1, -0.05) is 45.0 Å². The Morgan fingerprint density at radius 3 is 1.82 bits per heavy atom. The molecule has 2 aromatic heterocycles. The molecule has 25 heteroatoms. The predicted molar refractivity (Wildman–Crippen MR) is 216 cm³/mol. The summed E-state index contributed by atoms with van der Waals surface area (Å²) in [6.45, 7) is -1.91. The second-order valence-electron chi connectivity index (χ2n) is 16.5. The van der Waals surface area contributed by atoms with Gasteiger partial charge < -0.3 is 30.5 Å². The van der Waals surface area contributed by atoms with Crippen molar-refractivity contribution in [2.45, 2.75) is 91.1 Å². The Morgan fingerprint density at radius 1 is 0.773 bits per heavy atom. The van der Waals surface area contributed by atoms with Crippen molar-refractivity contribution in [1.29, 1.82) is 0 Å². The van der Waals surface area contributed by atoms with Crippen molar-refractivity contribution in [2.75, 3.05) is 20.8 Å². The Kier molecular flexibility index (Phi) is 16.9. The number of hydrazine groups is 1. The van der Waals surface area contributed by atoms with Gasteiger partial charge in [0.1, 0.15) is 23.7 Å².